The summed E-state index contributed by atoms with van der Waals surface area (Å²) in [6.07, 6.45) is 1.01. The number of rotatable bonds is 7. The Labute approximate surface area is 189 Å². The van der Waals surface area contributed by atoms with Crippen LogP contribution in [-0.4, -0.2) is 44.3 Å². The van der Waals surface area contributed by atoms with Gasteiger partial charge in [-0.15, -0.1) is 0 Å². The van der Waals surface area contributed by atoms with E-state index in [1.54, 1.807) is 0 Å². The molecule has 32 heavy (non-hydrogen) atoms. The van der Waals surface area contributed by atoms with Crippen LogP contribution in [0.25, 0.3) is 0 Å². The first-order valence-electron chi connectivity index (χ1n) is 10.7. The molecule has 1 amide bonds. The SMILES string of the molecule is Cc1ccc(CNC(=O)COC(=O)c2ccc(S(=O)(=O)N3C[C@@H](C)C[C@H](C)C3)cc2)cc1. The molecule has 7 nitrogen and oxygen atoms in total. The van der Waals surface area contributed by atoms with Crippen molar-refractivity contribution in [3.63, 3.8) is 0 Å². The Bertz CT molecular complexity index is 1040. The lowest BCUT2D eigenvalue weighted by Gasteiger charge is -2.34. The number of nitrogens with one attached hydrogen (secondary N) is 1. The number of piperidine rings is 1. The van der Waals surface area contributed by atoms with Crippen LogP contribution in [0.1, 0.15) is 41.8 Å². The van der Waals surface area contributed by atoms with Gasteiger partial charge in [-0.25, -0.2) is 13.2 Å². The molecule has 1 N–H and O–H groups in total. The minimum absolute atomic E-state index is 0.145. The predicted molar refractivity (Wildman–Crippen MR) is 121 cm³/mol. The third kappa shape index (κ3) is 6.17. The number of hydrogen-bond donors (Lipinski definition) is 1. The second-order valence-corrected chi connectivity index (χ2v) is 10.6. The number of nitrogens with zero attached hydrogens (tertiary/aromatic N) is 1. The van der Waals surface area contributed by atoms with Gasteiger partial charge in [0.2, 0.25) is 10.0 Å². The summed E-state index contributed by atoms with van der Waals surface area (Å²) in [4.78, 5) is 24.4. The molecule has 172 valence electrons. The highest BCUT2D eigenvalue weighted by atomic mass is 32.2. The van der Waals surface area contributed by atoms with Crippen LogP contribution in [0.2, 0.25) is 0 Å². The zero-order valence-corrected chi connectivity index (χ0v) is 19.5. The van der Waals surface area contributed by atoms with Crippen LogP contribution in [0.3, 0.4) is 0 Å². The van der Waals surface area contributed by atoms with E-state index in [2.05, 4.69) is 5.32 Å². The van der Waals surface area contributed by atoms with Crippen LogP contribution < -0.4 is 5.32 Å². The summed E-state index contributed by atoms with van der Waals surface area (Å²) in [7, 11) is -3.62. The topological polar surface area (TPSA) is 92.8 Å². The number of carbonyl (C=O) groups excluding carboxylic acids is 2. The number of aryl methyl sites for hydroxylation is 1. The number of esters is 1. The molecule has 1 saturated heterocycles. The lowest BCUT2D eigenvalue weighted by Crippen LogP contribution is -2.42. The second-order valence-electron chi connectivity index (χ2n) is 8.63. The molecule has 3 rings (SSSR count). The van der Waals surface area contributed by atoms with E-state index in [9.17, 15) is 18.0 Å². The van der Waals surface area contributed by atoms with Crippen molar-refractivity contribution in [2.45, 2.75) is 38.6 Å². The fourth-order valence-corrected chi connectivity index (χ4v) is 5.57. The number of amides is 1. The Hall–Kier alpha value is -2.71. The summed E-state index contributed by atoms with van der Waals surface area (Å²) >= 11 is 0. The molecule has 2 atom stereocenters. The smallest absolute Gasteiger partial charge is 0.338 e. The van der Waals surface area contributed by atoms with Crippen LogP contribution in [0.15, 0.2) is 53.4 Å². The van der Waals surface area contributed by atoms with Crippen LogP contribution in [0, 0.1) is 18.8 Å². The Balaban J connectivity index is 1.53. The molecule has 2 aromatic rings. The van der Waals surface area contributed by atoms with Crippen LogP contribution in [-0.2, 0) is 26.1 Å². The van der Waals surface area contributed by atoms with Crippen molar-refractivity contribution in [1.82, 2.24) is 9.62 Å². The summed E-state index contributed by atoms with van der Waals surface area (Å²) in [5.74, 6) is -0.481. The largest absolute Gasteiger partial charge is 0.452 e. The number of ether oxygens (including phenoxy) is 1. The second kappa shape index (κ2) is 10.3. The van der Waals surface area contributed by atoms with Gasteiger partial charge in [-0.05, 0) is 55.0 Å². The normalized spacial score (nSPS) is 19.3. The summed E-state index contributed by atoms with van der Waals surface area (Å²) in [6.45, 7) is 7.01. The monoisotopic (exact) mass is 458 g/mol. The third-order valence-corrected chi connectivity index (χ3v) is 7.35. The highest BCUT2D eigenvalue weighted by Crippen LogP contribution is 2.26. The number of carbonyl (C=O) groups is 2. The van der Waals surface area contributed by atoms with Crippen molar-refractivity contribution in [2.24, 2.45) is 11.8 Å². The molecule has 0 unspecified atom stereocenters. The zero-order chi connectivity index (χ0) is 23.3. The van der Waals surface area contributed by atoms with Gasteiger partial charge >= 0.3 is 5.97 Å². The van der Waals surface area contributed by atoms with Crippen LogP contribution >= 0.6 is 0 Å². The molecule has 0 aliphatic carbocycles. The molecule has 0 aromatic heterocycles. The first-order valence-corrected chi connectivity index (χ1v) is 12.2. The molecule has 8 heteroatoms. The van der Waals surface area contributed by atoms with E-state index in [1.807, 2.05) is 45.0 Å². The van der Waals surface area contributed by atoms with Gasteiger partial charge in [0, 0.05) is 19.6 Å². The molecule has 0 radical (unpaired) electrons. The maximum Gasteiger partial charge on any atom is 0.338 e. The summed E-state index contributed by atoms with van der Waals surface area (Å²) < 4.78 is 32.4. The molecule has 1 heterocycles. The number of hydrogen-bond acceptors (Lipinski definition) is 5. The molecular weight excluding hydrogens is 428 g/mol. The Kier molecular flexibility index (Phi) is 7.69. The molecule has 0 saturated carbocycles. The van der Waals surface area contributed by atoms with Gasteiger partial charge in [-0.3, -0.25) is 4.79 Å². The van der Waals surface area contributed by atoms with Gasteiger partial charge in [0.15, 0.2) is 6.61 Å². The fraction of sp³-hybridized carbons (Fsp3) is 0.417. The van der Waals surface area contributed by atoms with Crippen molar-refractivity contribution < 1.29 is 22.7 Å². The first-order chi connectivity index (χ1) is 15.1. The minimum Gasteiger partial charge on any atom is -0.452 e. The predicted octanol–water partition coefficient (Wildman–Crippen LogP) is 3.13. The zero-order valence-electron chi connectivity index (χ0n) is 18.7. The molecule has 1 fully saturated rings. The lowest BCUT2D eigenvalue weighted by molar-refractivity contribution is -0.124. The van der Waals surface area contributed by atoms with Gasteiger partial charge in [0.05, 0.1) is 10.5 Å². The molecule has 0 bridgehead atoms. The van der Waals surface area contributed by atoms with E-state index in [-0.39, 0.29) is 10.5 Å². The van der Waals surface area contributed by atoms with Gasteiger partial charge in [-0.1, -0.05) is 43.7 Å². The Morgan fingerprint density at radius 1 is 1.00 bits per heavy atom. The van der Waals surface area contributed by atoms with E-state index < -0.39 is 28.5 Å². The number of sulfonamides is 1. The highest BCUT2D eigenvalue weighted by molar-refractivity contribution is 7.89. The van der Waals surface area contributed by atoms with E-state index in [4.69, 9.17) is 4.74 Å². The first kappa shape index (κ1) is 23.9. The van der Waals surface area contributed by atoms with Crippen molar-refractivity contribution in [2.75, 3.05) is 19.7 Å². The fourth-order valence-electron chi connectivity index (χ4n) is 3.89. The van der Waals surface area contributed by atoms with E-state index >= 15 is 0 Å². The van der Waals surface area contributed by atoms with E-state index in [0.29, 0.717) is 31.5 Å². The minimum atomic E-state index is -3.62. The van der Waals surface area contributed by atoms with Crippen LogP contribution in [0.4, 0.5) is 0 Å². The van der Waals surface area contributed by atoms with Gasteiger partial charge in [0.25, 0.3) is 5.91 Å². The maximum absolute atomic E-state index is 12.9. The Morgan fingerprint density at radius 3 is 2.19 bits per heavy atom. The average Bonchev–Trinajstić information content (AvgIpc) is 2.76. The summed E-state index contributed by atoms with van der Waals surface area (Å²) in [5, 5.41) is 2.70. The van der Waals surface area contributed by atoms with Gasteiger partial charge < -0.3 is 10.1 Å². The number of benzene rings is 2. The van der Waals surface area contributed by atoms with Crippen molar-refractivity contribution in [1.29, 1.82) is 0 Å². The standard InChI is InChI=1S/C24H30N2O5S/c1-17-4-6-20(7-5-17)13-25-23(27)16-31-24(28)21-8-10-22(11-9-21)32(29,30)26-14-18(2)12-19(3)15-26/h4-11,18-19H,12-16H2,1-3H3,(H,25,27)/t18-,19-/m0/s1. The third-order valence-electron chi connectivity index (χ3n) is 5.51. The van der Waals surface area contributed by atoms with E-state index in [0.717, 1.165) is 17.5 Å². The van der Waals surface area contributed by atoms with E-state index in [1.165, 1.54) is 28.6 Å². The van der Waals surface area contributed by atoms with Crippen molar-refractivity contribution in [3.05, 3.63) is 65.2 Å². The quantitative estimate of drug-likeness (QED) is 0.644. The molecule has 1 aliphatic heterocycles. The molecule has 1 aliphatic rings. The molecule has 0 spiro atoms. The molecule has 2 aromatic carbocycles. The lowest BCUT2D eigenvalue weighted by atomic mass is 9.94. The summed E-state index contributed by atoms with van der Waals surface area (Å²) in [6, 6.07) is 13.4. The molecular formula is C24H30N2O5S. The van der Waals surface area contributed by atoms with Gasteiger partial charge in [-0.2, -0.15) is 4.31 Å². The van der Waals surface area contributed by atoms with Gasteiger partial charge in [0.1, 0.15) is 0 Å². The summed E-state index contributed by atoms with van der Waals surface area (Å²) in [5.41, 5.74) is 2.27. The van der Waals surface area contributed by atoms with Crippen molar-refractivity contribution >= 4 is 21.9 Å². The van der Waals surface area contributed by atoms with Crippen molar-refractivity contribution in [3.8, 4) is 0 Å². The Morgan fingerprint density at radius 2 is 1.59 bits per heavy atom. The highest BCUT2D eigenvalue weighted by Gasteiger charge is 2.31. The van der Waals surface area contributed by atoms with Crippen LogP contribution in [0.5, 0.6) is 0 Å². The average molecular weight is 459 g/mol. The maximum atomic E-state index is 12.9.